The average molecular weight is 270 g/mol. The second kappa shape index (κ2) is 6.65. The minimum absolute atomic E-state index is 0.235. The minimum Gasteiger partial charge on any atom is -0.354 e. The first-order valence-corrected chi connectivity index (χ1v) is 6.64. The molecule has 1 aromatic carbocycles. The number of carbonyl (C=O) groups is 1. The van der Waals surface area contributed by atoms with Crippen molar-refractivity contribution < 1.29 is 4.79 Å². The molecule has 0 bridgehead atoms. The van der Waals surface area contributed by atoms with Crippen molar-refractivity contribution in [3.63, 3.8) is 0 Å². The van der Waals surface area contributed by atoms with E-state index in [1.165, 1.54) is 0 Å². The van der Waals surface area contributed by atoms with Crippen molar-refractivity contribution in [1.29, 1.82) is 0 Å². The summed E-state index contributed by atoms with van der Waals surface area (Å²) in [7, 11) is 0. The van der Waals surface area contributed by atoms with Gasteiger partial charge in [0.05, 0.1) is 0 Å². The van der Waals surface area contributed by atoms with Crippen LogP contribution < -0.4 is 10.6 Å². The number of rotatable bonds is 5. The van der Waals surface area contributed by atoms with E-state index in [0.29, 0.717) is 11.6 Å². The number of carbonyl (C=O) groups excluding carboxylic acids is 1. The number of anilines is 2. The maximum atomic E-state index is 12.2. The zero-order valence-electron chi connectivity index (χ0n) is 11.7. The molecular formula is C15H18N4O. The quantitative estimate of drug-likeness (QED) is 0.876. The Morgan fingerprint density at radius 1 is 1.25 bits per heavy atom. The highest BCUT2D eigenvalue weighted by molar-refractivity contribution is 6.03. The van der Waals surface area contributed by atoms with Crippen LogP contribution >= 0.6 is 0 Å². The van der Waals surface area contributed by atoms with E-state index in [1.54, 1.807) is 12.3 Å². The van der Waals surface area contributed by atoms with Gasteiger partial charge in [0, 0.05) is 18.4 Å². The molecule has 1 aromatic heterocycles. The first-order chi connectivity index (χ1) is 9.70. The number of benzene rings is 1. The van der Waals surface area contributed by atoms with E-state index in [1.807, 2.05) is 31.2 Å². The molecule has 104 valence electrons. The Morgan fingerprint density at radius 2 is 2.05 bits per heavy atom. The highest BCUT2D eigenvalue weighted by Crippen LogP contribution is 2.14. The molecule has 2 aromatic rings. The lowest BCUT2D eigenvalue weighted by Gasteiger charge is -2.08. The van der Waals surface area contributed by atoms with Crippen LogP contribution in [0.1, 0.15) is 29.4 Å². The molecule has 1 amide bonds. The lowest BCUT2D eigenvalue weighted by molar-refractivity contribution is 0.102. The van der Waals surface area contributed by atoms with Crippen LogP contribution in [-0.2, 0) is 0 Å². The molecule has 20 heavy (non-hydrogen) atoms. The van der Waals surface area contributed by atoms with Crippen LogP contribution in [-0.4, -0.2) is 22.4 Å². The number of amides is 1. The van der Waals surface area contributed by atoms with Gasteiger partial charge in [-0.15, -0.1) is 0 Å². The fourth-order valence-corrected chi connectivity index (χ4v) is 1.71. The summed E-state index contributed by atoms with van der Waals surface area (Å²) in [5, 5.41) is 5.92. The monoisotopic (exact) mass is 270 g/mol. The summed E-state index contributed by atoms with van der Waals surface area (Å²) in [5.74, 6) is 0.241. The van der Waals surface area contributed by atoms with Crippen LogP contribution in [0.2, 0.25) is 0 Å². The van der Waals surface area contributed by atoms with Gasteiger partial charge in [-0.25, -0.2) is 9.97 Å². The predicted molar refractivity (Wildman–Crippen MR) is 79.9 cm³/mol. The van der Waals surface area contributed by atoms with Crippen LogP contribution in [0.3, 0.4) is 0 Å². The topological polar surface area (TPSA) is 66.9 Å². The van der Waals surface area contributed by atoms with E-state index in [0.717, 1.165) is 24.2 Å². The van der Waals surface area contributed by atoms with Crippen LogP contribution in [0.5, 0.6) is 0 Å². The van der Waals surface area contributed by atoms with Crippen molar-refractivity contribution in [3.8, 4) is 0 Å². The summed E-state index contributed by atoms with van der Waals surface area (Å²) in [6.07, 6.45) is 2.56. The number of nitrogens with one attached hydrogen (secondary N) is 2. The third-order valence-electron chi connectivity index (χ3n) is 2.81. The van der Waals surface area contributed by atoms with Crippen LogP contribution in [0.25, 0.3) is 0 Å². The van der Waals surface area contributed by atoms with Gasteiger partial charge in [0.25, 0.3) is 5.91 Å². The third kappa shape index (κ3) is 3.54. The standard InChI is InChI=1S/C15H18N4O/c1-3-9-16-15-17-10-8-13(19-15)14(20)18-12-7-5-4-6-11(12)2/h4-8,10H,3,9H2,1-2H3,(H,18,20)(H,16,17,19). The lowest BCUT2D eigenvalue weighted by atomic mass is 10.2. The average Bonchev–Trinajstić information content (AvgIpc) is 2.48. The first-order valence-electron chi connectivity index (χ1n) is 6.64. The zero-order valence-corrected chi connectivity index (χ0v) is 11.7. The van der Waals surface area contributed by atoms with E-state index in [9.17, 15) is 4.79 Å². The molecule has 0 aliphatic heterocycles. The summed E-state index contributed by atoms with van der Waals surface area (Å²) < 4.78 is 0. The molecule has 1 heterocycles. The smallest absolute Gasteiger partial charge is 0.274 e. The molecule has 0 fully saturated rings. The summed E-state index contributed by atoms with van der Waals surface area (Å²) >= 11 is 0. The van der Waals surface area contributed by atoms with E-state index < -0.39 is 0 Å². The number of hydrogen-bond acceptors (Lipinski definition) is 4. The molecule has 5 nitrogen and oxygen atoms in total. The lowest BCUT2D eigenvalue weighted by Crippen LogP contribution is -2.16. The number of hydrogen-bond donors (Lipinski definition) is 2. The highest BCUT2D eigenvalue weighted by atomic mass is 16.1. The normalized spacial score (nSPS) is 10.1. The second-order valence-corrected chi connectivity index (χ2v) is 4.46. The number of aromatic nitrogens is 2. The second-order valence-electron chi connectivity index (χ2n) is 4.46. The molecule has 2 rings (SSSR count). The molecule has 2 N–H and O–H groups in total. The van der Waals surface area contributed by atoms with Crippen molar-refractivity contribution in [2.75, 3.05) is 17.2 Å². The Balaban J connectivity index is 2.11. The number of para-hydroxylation sites is 1. The molecule has 0 saturated heterocycles. The molecule has 0 aliphatic carbocycles. The van der Waals surface area contributed by atoms with Crippen molar-refractivity contribution in [3.05, 3.63) is 47.8 Å². The van der Waals surface area contributed by atoms with Gasteiger partial charge in [-0.05, 0) is 31.0 Å². The molecule has 0 saturated carbocycles. The molecule has 0 radical (unpaired) electrons. The van der Waals surface area contributed by atoms with Crippen molar-refractivity contribution >= 4 is 17.5 Å². The van der Waals surface area contributed by atoms with Gasteiger partial charge < -0.3 is 10.6 Å². The Hall–Kier alpha value is -2.43. The van der Waals surface area contributed by atoms with Crippen LogP contribution in [0, 0.1) is 6.92 Å². The predicted octanol–water partition coefficient (Wildman–Crippen LogP) is 2.86. The molecule has 0 spiro atoms. The largest absolute Gasteiger partial charge is 0.354 e. The maximum Gasteiger partial charge on any atom is 0.274 e. The molecule has 0 aliphatic rings. The highest BCUT2D eigenvalue weighted by Gasteiger charge is 2.10. The van der Waals surface area contributed by atoms with E-state index in [2.05, 4.69) is 27.5 Å². The molecule has 5 heteroatoms. The van der Waals surface area contributed by atoms with Gasteiger partial charge in [0.1, 0.15) is 5.69 Å². The maximum absolute atomic E-state index is 12.2. The molecular weight excluding hydrogens is 252 g/mol. The molecule has 0 atom stereocenters. The minimum atomic E-state index is -0.235. The van der Waals surface area contributed by atoms with E-state index >= 15 is 0 Å². The van der Waals surface area contributed by atoms with Crippen molar-refractivity contribution in [1.82, 2.24) is 9.97 Å². The third-order valence-corrected chi connectivity index (χ3v) is 2.81. The summed E-state index contributed by atoms with van der Waals surface area (Å²) in [5.41, 5.74) is 2.15. The van der Waals surface area contributed by atoms with Gasteiger partial charge in [-0.3, -0.25) is 4.79 Å². The number of nitrogens with zero attached hydrogens (tertiary/aromatic N) is 2. The van der Waals surface area contributed by atoms with Gasteiger partial charge in [-0.2, -0.15) is 0 Å². The number of aryl methyl sites for hydroxylation is 1. The SMILES string of the molecule is CCCNc1nccc(C(=O)Nc2ccccc2C)n1. The van der Waals surface area contributed by atoms with Gasteiger partial charge in [0.15, 0.2) is 0 Å². The Morgan fingerprint density at radius 3 is 2.80 bits per heavy atom. The van der Waals surface area contributed by atoms with Gasteiger partial charge in [0.2, 0.25) is 5.95 Å². The molecule has 0 unspecified atom stereocenters. The van der Waals surface area contributed by atoms with E-state index in [4.69, 9.17) is 0 Å². The summed E-state index contributed by atoms with van der Waals surface area (Å²) in [6, 6.07) is 9.23. The Labute approximate surface area is 118 Å². The summed E-state index contributed by atoms with van der Waals surface area (Å²) in [4.78, 5) is 20.4. The Bertz CT molecular complexity index is 598. The van der Waals surface area contributed by atoms with Gasteiger partial charge >= 0.3 is 0 Å². The van der Waals surface area contributed by atoms with Crippen molar-refractivity contribution in [2.24, 2.45) is 0 Å². The van der Waals surface area contributed by atoms with Gasteiger partial charge in [-0.1, -0.05) is 25.1 Å². The van der Waals surface area contributed by atoms with Crippen LogP contribution in [0.15, 0.2) is 36.5 Å². The van der Waals surface area contributed by atoms with Crippen LogP contribution in [0.4, 0.5) is 11.6 Å². The van der Waals surface area contributed by atoms with E-state index in [-0.39, 0.29) is 5.91 Å². The fourth-order valence-electron chi connectivity index (χ4n) is 1.71. The van der Waals surface area contributed by atoms with Crippen molar-refractivity contribution in [2.45, 2.75) is 20.3 Å². The summed E-state index contributed by atoms with van der Waals surface area (Å²) in [6.45, 7) is 4.79. The Kier molecular flexibility index (Phi) is 4.65. The zero-order chi connectivity index (χ0) is 14.4. The fraction of sp³-hybridized carbons (Fsp3) is 0.267. The first kappa shape index (κ1) is 14.0.